The fraction of sp³-hybridized carbons (Fsp3) is 0.278. The topological polar surface area (TPSA) is 70.4 Å². The first kappa shape index (κ1) is 16.0. The molecule has 3 rings (SSSR count). The Morgan fingerprint density at radius 3 is 2.58 bits per heavy atom. The molecule has 2 aliphatic rings. The molecule has 2 aliphatic heterocycles. The third-order valence-electron chi connectivity index (χ3n) is 3.49. The molecule has 0 unspecified atom stereocenters. The lowest BCUT2D eigenvalue weighted by Crippen LogP contribution is -2.27. The zero-order valence-corrected chi connectivity index (χ0v) is 14.0. The van der Waals surface area contributed by atoms with Crippen molar-refractivity contribution < 1.29 is 19.1 Å². The average Bonchev–Trinajstić information content (AvgIpc) is 2.89. The van der Waals surface area contributed by atoms with E-state index in [0.29, 0.717) is 5.56 Å². The minimum absolute atomic E-state index is 0.415. The summed E-state index contributed by atoms with van der Waals surface area (Å²) in [5.74, 6) is -0.415. The van der Waals surface area contributed by atoms with Crippen molar-refractivity contribution in [3.63, 3.8) is 0 Å². The molecule has 2 heterocycles. The molecule has 1 aromatic rings. The number of hydrogen-bond acceptors (Lipinski definition) is 5. The number of esters is 1. The third-order valence-corrected chi connectivity index (χ3v) is 3.49. The van der Waals surface area contributed by atoms with Gasteiger partial charge in [-0.05, 0) is 45.0 Å². The third kappa shape index (κ3) is 2.95. The van der Waals surface area contributed by atoms with Crippen LogP contribution in [-0.2, 0) is 9.47 Å². The van der Waals surface area contributed by atoms with Crippen LogP contribution in [0, 0.1) is 0 Å². The van der Waals surface area contributed by atoms with Crippen LogP contribution in [-0.4, -0.2) is 34.3 Å². The van der Waals surface area contributed by atoms with E-state index in [9.17, 15) is 9.59 Å². The summed E-state index contributed by atoms with van der Waals surface area (Å²) in [5.41, 5.74) is 2.12. The van der Waals surface area contributed by atoms with Crippen LogP contribution in [0.3, 0.4) is 0 Å². The van der Waals surface area contributed by atoms with Gasteiger partial charge in [0.1, 0.15) is 5.60 Å². The van der Waals surface area contributed by atoms with Gasteiger partial charge in [-0.15, -0.1) is 0 Å². The molecule has 0 radical (unpaired) electrons. The number of carbonyl (C=O) groups is 2. The van der Waals surface area contributed by atoms with Gasteiger partial charge in [0.15, 0.2) is 0 Å². The molecule has 0 fully saturated rings. The summed E-state index contributed by atoms with van der Waals surface area (Å²) in [6, 6.07) is 6.90. The van der Waals surface area contributed by atoms with E-state index in [0.717, 1.165) is 22.2 Å². The van der Waals surface area contributed by atoms with Crippen molar-refractivity contribution in [1.29, 1.82) is 0 Å². The Morgan fingerprint density at radius 1 is 1.17 bits per heavy atom. The molecule has 0 N–H and O–H groups in total. The van der Waals surface area contributed by atoms with E-state index in [-0.39, 0.29) is 0 Å². The van der Waals surface area contributed by atoms with Gasteiger partial charge in [-0.25, -0.2) is 14.6 Å². The molecule has 0 saturated carbocycles. The second-order valence-electron chi connectivity index (χ2n) is 6.47. The van der Waals surface area contributed by atoms with Gasteiger partial charge in [0.25, 0.3) is 0 Å². The Kier molecular flexibility index (Phi) is 3.75. The fourth-order valence-corrected chi connectivity index (χ4v) is 2.45. The number of methoxy groups -OCH3 is 1. The second kappa shape index (κ2) is 5.63. The molecule has 0 saturated heterocycles. The van der Waals surface area contributed by atoms with Crippen molar-refractivity contribution in [1.82, 2.24) is 9.55 Å². The number of fused-ring (bicyclic) bond motifs is 3. The average molecular weight is 326 g/mol. The van der Waals surface area contributed by atoms with E-state index in [1.165, 1.54) is 11.7 Å². The lowest BCUT2D eigenvalue weighted by Gasteiger charge is -2.20. The molecule has 6 nitrogen and oxygen atoms in total. The molecule has 24 heavy (non-hydrogen) atoms. The van der Waals surface area contributed by atoms with Gasteiger partial charge >= 0.3 is 12.1 Å². The van der Waals surface area contributed by atoms with Crippen LogP contribution >= 0.6 is 0 Å². The Balaban J connectivity index is 2.10. The van der Waals surface area contributed by atoms with Gasteiger partial charge in [0.2, 0.25) is 0 Å². The van der Waals surface area contributed by atoms with Crippen LogP contribution in [0.4, 0.5) is 4.79 Å². The SMILES string of the molecule is COC(=O)c1ccc2nc3ccn(C(=O)OC(C)(C)C)cc-3c2c1. The molecule has 124 valence electrons. The van der Waals surface area contributed by atoms with E-state index < -0.39 is 17.7 Å². The Labute approximate surface area is 139 Å². The van der Waals surface area contributed by atoms with Crippen molar-refractivity contribution in [3.8, 4) is 11.3 Å². The van der Waals surface area contributed by atoms with E-state index in [1.54, 1.807) is 36.7 Å². The van der Waals surface area contributed by atoms with Crippen LogP contribution in [0.5, 0.6) is 0 Å². The number of carbonyl (C=O) groups excluding carboxylic acids is 2. The van der Waals surface area contributed by atoms with E-state index in [2.05, 4.69) is 4.98 Å². The number of nitrogens with zero attached hydrogens (tertiary/aromatic N) is 2. The standard InChI is InChI=1S/C18H18N2O4/c1-18(2,3)24-17(22)20-8-7-15-13(10-20)12-9-11(16(21)23-4)5-6-14(12)19-15/h5-10H,1-4H3. The van der Waals surface area contributed by atoms with Crippen LogP contribution in [0.2, 0.25) is 0 Å². The van der Waals surface area contributed by atoms with E-state index in [1.807, 2.05) is 20.8 Å². The van der Waals surface area contributed by atoms with Crippen molar-refractivity contribution in [2.24, 2.45) is 0 Å². The maximum atomic E-state index is 12.2. The van der Waals surface area contributed by atoms with Crippen molar-refractivity contribution in [3.05, 3.63) is 42.2 Å². The van der Waals surface area contributed by atoms with Gasteiger partial charge in [-0.2, -0.15) is 0 Å². The highest BCUT2D eigenvalue weighted by atomic mass is 16.6. The lowest BCUT2D eigenvalue weighted by atomic mass is 10.1. The van der Waals surface area contributed by atoms with Gasteiger partial charge in [0, 0.05) is 23.3 Å². The summed E-state index contributed by atoms with van der Waals surface area (Å²) in [6.45, 7) is 5.43. The summed E-state index contributed by atoms with van der Waals surface area (Å²) < 4.78 is 11.5. The summed E-state index contributed by atoms with van der Waals surface area (Å²) in [5, 5.41) is 0.783. The van der Waals surface area contributed by atoms with Crippen LogP contribution < -0.4 is 0 Å². The highest BCUT2D eigenvalue weighted by Crippen LogP contribution is 2.31. The highest BCUT2D eigenvalue weighted by Gasteiger charge is 2.20. The zero-order valence-electron chi connectivity index (χ0n) is 14.0. The monoisotopic (exact) mass is 326 g/mol. The van der Waals surface area contributed by atoms with Crippen molar-refractivity contribution in [2.75, 3.05) is 7.11 Å². The molecular weight excluding hydrogens is 308 g/mol. The minimum atomic E-state index is -0.580. The van der Waals surface area contributed by atoms with Crippen LogP contribution in [0.15, 0.2) is 36.7 Å². The molecule has 0 bridgehead atoms. The second-order valence-corrected chi connectivity index (χ2v) is 6.47. The molecule has 0 aliphatic carbocycles. The van der Waals surface area contributed by atoms with Crippen LogP contribution in [0.25, 0.3) is 22.2 Å². The first-order chi connectivity index (χ1) is 11.3. The number of benzene rings is 1. The number of aromatic nitrogens is 2. The molecule has 6 heteroatoms. The summed E-state index contributed by atoms with van der Waals surface area (Å²) in [7, 11) is 1.34. The largest absolute Gasteiger partial charge is 0.465 e. The number of hydrogen-bond donors (Lipinski definition) is 0. The van der Waals surface area contributed by atoms with Gasteiger partial charge < -0.3 is 9.47 Å². The lowest BCUT2D eigenvalue weighted by molar-refractivity contribution is 0.0534. The number of rotatable bonds is 1. The highest BCUT2D eigenvalue weighted by molar-refractivity contribution is 6.02. The van der Waals surface area contributed by atoms with Gasteiger partial charge in [0.05, 0.1) is 23.9 Å². The van der Waals surface area contributed by atoms with E-state index in [4.69, 9.17) is 9.47 Å². The summed E-state index contributed by atoms with van der Waals surface area (Å²) in [6.07, 6.45) is 2.81. The molecule has 0 atom stereocenters. The number of ether oxygens (including phenoxy) is 2. The normalized spacial score (nSPS) is 11.7. The first-order valence-corrected chi connectivity index (χ1v) is 7.51. The zero-order chi connectivity index (χ0) is 17.5. The summed E-state index contributed by atoms with van der Waals surface area (Å²) >= 11 is 0. The number of pyridine rings is 1. The maximum Gasteiger partial charge on any atom is 0.418 e. The maximum absolute atomic E-state index is 12.2. The summed E-state index contributed by atoms with van der Waals surface area (Å²) in [4.78, 5) is 28.5. The Bertz CT molecular complexity index is 905. The quantitative estimate of drug-likeness (QED) is 0.638. The smallest absolute Gasteiger partial charge is 0.418 e. The molecule has 1 aromatic carbocycles. The Hall–Kier alpha value is -2.89. The molecule has 0 amide bonds. The van der Waals surface area contributed by atoms with Crippen LogP contribution in [0.1, 0.15) is 31.1 Å². The predicted molar refractivity (Wildman–Crippen MR) is 89.3 cm³/mol. The predicted octanol–water partition coefficient (Wildman–Crippen LogP) is 3.71. The van der Waals surface area contributed by atoms with Crippen molar-refractivity contribution in [2.45, 2.75) is 26.4 Å². The van der Waals surface area contributed by atoms with E-state index >= 15 is 0 Å². The van der Waals surface area contributed by atoms with Crippen molar-refractivity contribution >= 4 is 23.0 Å². The first-order valence-electron chi connectivity index (χ1n) is 7.51. The Morgan fingerprint density at radius 2 is 1.92 bits per heavy atom. The molecule has 0 spiro atoms. The fourth-order valence-electron chi connectivity index (χ4n) is 2.45. The minimum Gasteiger partial charge on any atom is -0.465 e. The molecule has 0 aromatic heterocycles. The van der Waals surface area contributed by atoms with Gasteiger partial charge in [-0.1, -0.05) is 0 Å². The molecular formula is C18H18N2O4. The van der Waals surface area contributed by atoms with Gasteiger partial charge in [-0.3, -0.25) is 4.57 Å².